The van der Waals surface area contributed by atoms with Crippen LogP contribution < -0.4 is 0 Å². The van der Waals surface area contributed by atoms with Crippen LogP contribution in [0.1, 0.15) is 72.1 Å². The third kappa shape index (κ3) is 13.5. The van der Waals surface area contributed by atoms with Crippen LogP contribution in [0.2, 0.25) is 0 Å². The summed E-state index contributed by atoms with van der Waals surface area (Å²) in [6.45, 7) is 16.8. The van der Waals surface area contributed by atoms with Gasteiger partial charge in [0.25, 0.3) is 0 Å². The fraction of sp³-hybridized carbons (Fsp3) is 0.625. The standard InChI is InChI=1S/C24H38O7/c1-17(21(26)27)11-12-20(4)31-23(29)18(2)10-8-7-9-15-30-22(28)19(3)13-14-24(5,6)16-25/h20,25H,1-3,7-16H2,4-6H3,(H,26,27). The molecule has 0 aromatic heterocycles. The lowest BCUT2D eigenvalue weighted by molar-refractivity contribution is -0.144. The molecule has 7 heteroatoms. The third-order valence-corrected chi connectivity index (χ3v) is 4.93. The molecule has 0 radical (unpaired) electrons. The second kappa shape index (κ2) is 14.6. The molecule has 176 valence electrons. The number of carboxylic acid groups (broad SMARTS) is 1. The Labute approximate surface area is 185 Å². The van der Waals surface area contributed by atoms with E-state index < -0.39 is 24.0 Å². The maximum atomic E-state index is 12.0. The Morgan fingerprint density at radius 2 is 1.52 bits per heavy atom. The van der Waals surface area contributed by atoms with Crippen LogP contribution in [0.5, 0.6) is 0 Å². The minimum absolute atomic E-state index is 0.0492. The molecule has 1 atom stereocenters. The highest BCUT2D eigenvalue weighted by Gasteiger charge is 2.19. The van der Waals surface area contributed by atoms with Crippen molar-refractivity contribution in [2.24, 2.45) is 5.41 Å². The van der Waals surface area contributed by atoms with Crippen molar-refractivity contribution in [3.05, 3.63) is 36.5 Å². The number of ether oxygens (including phenoxy) is 2. The summed E-state index contributed by atoms with van der Waals surface area (Å²) < 4.78 is 10.5. The van der Waals surface area contributed by atoms with Crippen molar-refractivity contribution in [2.75, 3.05) is 13.2 Å². The van der Waals surface area contributed by atoms with Crippen molar-refractivity contribution in [3.63, 3.8) is 0 Å². The number of hydrogen-bond donors (Lipinski definition) is 2. The molecule has 0 bridgehead atoms. The number of carboxylic acids is 1. The molecule has 0 aromatic carbocycles. The van der Waals surface area contributed by atoms with Crippen LogP contribution in [-0.2, 0) is 23.9 Å². The zero-order valence-electron chi connectivity index (χ0n) is 19.2. The Kier molecular flexibility index (Phi) is 13.4. The van der Waals surface area contributed by atoms with Gasteiger partial charge in [-0.15, -0.1) is 0 Å². The molecule has 0 spiro atoms. The van der Waals surface area contributed by atoms with Crippen molar-refractivity contribution < 1.29 is 34.1 Å². The lowest BCUT2D eigenvalue weighted by Crippen LogP contribution is -2.18. The van der Waals surface area contributed by atoms with Crippen LogP contribution in [0.3, 0.4) is 0 Å². The fourth-order valence-electron chi connectivity index (χ4n) is 2.47. The molecule has 7 nitrogen and oxygen atoms in total. The minimum Gasteiger partial charge on any atom is -0.478 e. The summed E-state index contributed by atoms with van der Waals surface area (Å²) in [5.74, 6) is -1.95. The Morgan fingerprint density at radius 3 is 2.10 bits per heavy atom. The largest absolute Gasteiger partial charge is 0.478 e. The lowest BCUT2D eigenvalue weighted by atomic mass is 9.87. The highest BCUT2D eigenvalue weighted by Crippen LogP contribution is 2.23. The van der Waals surface area contributed by atoms with E-state index in [1.54, 1.807) is 6.92 Å². The molecule has 1 unspecified atom stereocenters. The second-order valence-corrected chi connectivity index (χ2v) is 8.64. The number of rotatable bonds is 17. The third-order valence-electron chi connectivity index (χ3n) is 4.93. The number of carbonyl (C=O) groups excluding carboxylic acids is 2. The van der Waals surface area contributed by atoms with Crippen molar-refractivity contribution in [2.45, 2.75) is 78.2 Å². The van der Waals surface area contributed by atoms with E-state index in [9.17, 15) is 19.5 Å². The van der Waals surface area contributed by atoms with E-state index in [2.05, 4.69) is 19.7 Å². The van der Waals surface area contributed by atoms with Gasteiger partial charge in [0.05, 0.1) is 12.7 Å². The Bertz CT molecular complexity index is 661. The Morgan fingerprint density at radius 1 is 0.903 bits per heavy atom. The molecule has 0 heterocycles. The van der Waals surface area contributed by atoms with Crippen molar-refractivity contribution in [1.29, 1.82) is 0 Å². The molecule has 2 N–H and O–H groups in total. The SMILES string of the molecule is C=C(CCC(C)OC(=O)C(=C)CCCCCOC(=O)C(=C)CCC(C)(C)CO)C(=O)O. The first-order chi connectivity index (χ1) is 14.4. The number of unbranched alkanes of at least 4 members (excludes halogenated alkanes) is 2. The average Bonchev–Trinajstić information content (AvgIpc) is 2.71. The van der Waals surface area contributed by atoms with Gasteiger partial charge >= 0.3 is 17.9 Å². The molecule has 0 aliphatic carbocycles. The number of hydrogen-bond acceptors (Lipinski definition) is 6. The van der Waals surface area contributed by atoms with Gasteiger partial charge in [0.1, 0.15) is 0 Å². The Hall–Kier alpha value is -2.41. The average molecular weight is 439 g/mol. The van der Waals surface area contributed by atoms with Crippen molar-refractivity contribution >= 4 is 17.9 Å². The summed E-state index contributed by atoms with van der Waals surface area (Å²) in [5.41, 5.74) is 0.594. The summed E-state index contributed by atoms with van der Waals surface area (Å²) in [4.78, 5) is 34.7. The molecule has 0 aliphatic heterocycles. The van der Waals surface area contributed by atoms with Crippen LogP contribution in [0.25, 0.3) is 0 Å². The molecule has 0 aromatic rings. The minimum atomic E-state index is -1.05. The first kappa shape index (κ1) is 28.6. The smallest absolute Gasteiger partial charge is 0.333 e. The summed E-state index contributed by atoms with van der Waals surface area (Å²) >= 11 is 0. The summed E-state index contributed by atoms with van der Waals surface area (Å²) in [6.07, 6.45) is 3.97. The van der Waals surface area contributed by atoms with Crippen molar-refractivity contribution in [1.82, 2.24) is 0 Å². The Balaban J connectivity index is 3.94. The molecule has 31 heavy (non-hydrogen) atoms. The maximum Gasteiger partial charge on any atom is 0.333 e. The topological polar surface area (TPSA) is 110 Å². The van der Waals surface area contributed by atoms with Crippen LogP contribution in [0.15, 0.2) is 36.5 Å². The van der Waals surface area contributed by atoms with E-state index in [1.807, 2.05) is 13.8 Å². The summed E-state index contributed by atoms with van der Waals surface area (Å²) in [6, 6.07) is 0. The van der Waals surface area contributed by atoms with Crippen LogP contribution in [0.4, 0.5) is 0 Å². The van der Waals surface area contributed by atoms with E-state index in [0.717, 1.165) is 6.42 Å². The molecule has 0 saturated carbocycles. The molecular weight excluding hydrogens is 400 g/mol. The predicted molar refractivity (Wildman–Crippen MR) is 119 cm³/mol. The molecule has 0 amide bonds. The van der Waals surface area contributed by atoms with Gasteiger partial charge in [0.15, 0.2) is 0 Å². The van der Waals surface area contributed by atoms with Gasteiger partial charge in [0, 0.05) is 23.3 Å². The summed E-state index contributed by atoms with van der Waals surface area (Å²) in [5, 5.41) is 18.0. The highest BCUT2D eigenvalue weighted by atomic mass is 16.5. The lowest BCUT2D eigenvalue weighted by Gasteiger charge is -2.21. The zero-order chi connectivity index (χ0) is 24.0. The predicted octanol–water partition coefficient (Wildman–Crippen LogP) is 4.35. The monoisotopic (exact) mass is 438 g/mol. The normalized spacial score (nSPS) is 12.0. The van der Waals surface area contributed by atoms with Crippen molar-refractivity contribution in [3.8, 4) is 0 Å². The number of esters is 2. The fourth-order valence-corrected chi connectivity index (χ4v) is 2.47. The first-order valence-electron chi connectivity index (χ1n) is 10.6. The first-order valence-corrected chi connectivity index (χ1v) is 10.6. The van der Waals surface area contributed by atoms with Gasteiger partial charge in [-0.2, -0.15) is 0 Å². The van der Waals surface area contributed by atoms with E-state index >= 15 is 0 Å². The van der Waals surface area contributed by atoms with Gasteiger partial charge in [0.2, 0.25) is 0 Å². The molecule has 0 aliphatic rings. The van der Waals surface area contributed by atoms with Gasteiger partial charge in [-0.25, -0.2) is 14.4 Å². The molecular formula is C24H38O7. The molecule has 0 fully saturated rings. The van der Waals surface area contributed by atoms with E-state index in [4.69, 9.17) is 14.6 Å². The van der Waals surface area contributed by atoms with E-state index in [-0.39, 0.29) is 30.6 Å². The van der Waals surface area contributed by atoms with Crippen LogP contribution >= 0.6 is 0 Å². The zero-order valence-corrected chi connectivity index (χ0v) is 19.2. The number of aliphatic hydroxyl groups excluding tert-OH is 1. The van der Waals surface area contributed by atoms with Gasteiger partial charge < -0.3 is 19.7 Å². The molecule has 0 rings (SSSR count). The molecule has 0 saturated heterocycles. The summed E-state index contributed by atoms with van der Waals surface area (Å²) in [7, 11) is 0. The quantitative estimate of drug-likeness (QED) is 0.197. The van der Waals surface area contributed by atoms with Gasteiger partial charge in [-0.05, 0) is 63.7 Å². The van der Waals surface area contributed by atoms with Gasteiger partial charge in [-0.3, -0.25) is 0 Å². The maximum absolute atomic E-state index is 12.0. The second-order valence-electron chi connectivity index (χ2n) is 8.64. The van der Waals surface area contributed by atoms with Gasteiger partial charge in [-0.1, -0.05) is 33.6 Å². The van der Waals surface area contributed by atoms with Crippen LogP contribution in [0, 0.1) is 5.41 Å². The van der Waals surface area contributed by atoms with E-state index in [0.29, 0.717) is 49.7 Å². The highest BCUT2D eigenvalue weighted by molar-refractivity contribution is 5.88. The number of aliphatic carboxylic acids is 1. The number of aliphatic hydroxyl groups is 1. The van der Waals surface area contributed by atoms with Crippen LogP contribution in [-0.4, -0.2) is 47.4 Å². The number of carbonyl (C=O) groups is 3. The van der Waals surface area contributed by atoms with E-state index in [1.165, 1.54) is 0 Å².